The topological polar surface area (TPSA) is 99.2 Å². The quantitative estimate of drug-likeness (QED) is 0.508. The number of pyridine rings is 2. The average molecular weight is 396 g/mol. The Balaban J connectivity index is 1.85. The number of ether oxygens (including phenoxy) is 1. The van der Waals surface area contributed by atoms with E-state index in [1.54, 1.807) is 17.0 Å². The highest BCUT2D eigenvalue weighted by Gasteiger charge is 2.29. The number of carbonyl (C=O) groups is 1. The van der Waals surface area contributed by atoms with Crippen LogP contribution in [-0.4, -0.2) is 28.5 Å². The van der Waals surface area contributed by atoms with Crippen LogP contribution in [0.1, 0.15) is 35.8 Å². The third kappa shape index (κ3) is 3.10. The van der Waals surface area contributed by atoms with Crippen molar-refractivity contribution in [3.63, 3.8) is 0 Å². The predicted octanol–water partition coefficient (Wildman–Crippen LogP) is 2.93. The monoisotopic (exact) mass is 396 g/mol. The Morgan fingerprint density at radius 2 is 2.14 bits per heavy atom. The maximum atomic E-state index is 15.2. The highest BCUT2D eigenvalue weighted by atomic mass is 19.1. The van der Waals surface area contributed by atoms with Gasteiger partial charge in [-0.25, -0.2) is 4.39 Å². The highest BCUT2D eigenvalue weighted by molar-refractivity contribution is 6.04. The lowest BCUT2D eigenvalue weighted by molar-refractivity contribution is 0.101. The van der Waals surface area contributed by atoms with E-state index in [2.05, 4.69) is 10.3 Å². The van der Waals surface area contributed by atoms with Crippen LogP contribution in [0.5, 0.6) is 5.75 Å². The van der Waals surface area contributed by atoms with E-state index in [1.807, 2.05) is 19.1 Å². The van der Waals surface area contributed by atoms with Crippen molar-refractivity contribution in [2.24, 2.45) is 0 Å². The molecule has 0 radical (unpaired) electrons. The summed E-state index contributed by atoms with van der Waals surface area (Å²) in [4.78, 5) is 28.8. The van der Waals surface area contributed by atoms with Gasteiger partial charge in [-0.3, -0.25) is 14.6 Å². The van der Waals surface area contributed by atoms with Gasteiger partial charge < -0.3 is 20.4 Å². The largest absolute Gasteiger partial charge is 0.487 e. The normalized spacial score (nSPS) is 15.2. The lowest BCUT2D eigenvalue weighted by atomic mass is 10.0. The zero-order valence-corrected chi connectivity index (χ0v) is 16.2. The van der Waals surface area contributed by atoms with Crippen LogP contribution < -0.4 is 21.2 Å². The molecule has 0 fully saturated rings. The van der Waals surface area contributed by atoms with E-state index in [9.17, 15) is 9.59 Å². The third-order valence-electron chi connectivity index (χ3n) is 5.19. The van der Waals surface area contributed by atoms with Crippen molar-refractivity contribution in [3.05, 3.63) is 57.9 Å². The summed E-state index contributed by atoms with van der Waals surface area (Å²) in [6, 6.07) is 3.63. The number of nitrogens with one attached hydrogen (secondary N) is 1. The van der Waals surface area contributed by atoms with Crippen LogP contribution in [0.15, 0.2) is 35.5 Å². The first-order valence-corrected chi connectivity index (χ1v) is 9.36. The molecule has 0 unspecified atom stereocenters. The number of Topliss-reactive ketones (excluding diaryl/α,β-unsaturated/α-hetero) is 1. The first-order chi connectivity index (χ1) is 13.9. The molecule has 3 heterocycles. The van der Waals surface area contributed by atoms with Crippen molar-refractivity contribution in [1.29, 1.82) is 0 Å². The molecular weight excluding hydrogens is 375 g/mol. The predicted molar refractivity (Wildman–Crippen MR) is 109 cm³/mol. The van der Waals surface area contributed by atoms with Crippen LogP contribution in [0.4, 0.5) is 15.8 Å². The number of hydrogen-bond donors (Lipinski definition) is 2. The number of nitrogen functional groups attached to an aromatic ring is 1. The minimum Gasteiger partial charge on any atom is -0.487 e. The fourth-order valence-electron chi connectivity index (χ4n) is 3.64. The Hall–Kier alpha value is -3.42. The van der Waals surface area contributed by atoms with Crippen molar-refractivity contribution < 1.29 is 13.9 Å². The molecule has 1 aliphatic rings. The minimum absolute atomic E-state index is 0.0123. The smallest absolute Gasteiger partial charge is 0.202 e. The number of rotatable bonds is 5. The lowest BCUT2D eigenvalue weighted by Crippen LogP contribution is -2.27. The van der Waals surface area contributed by atoms with Crippen molar-refractivity contribution >= 4 is 28.1 Å². The van der Waals surface area contributed by atoms with Gasteiger partial charge in [0.2, 0.25) is 5.43 Å². The average Bonchev–Trinajstić information content (AvgIpc) is 2.71. The molecule has 0 bridgehead atoms. The van der Waals surface area contributed by atoms with Gasteiger partial charge in [0.15, 0.2) is 17.3 Å². The van der Waals surface area contributed by atoms with E-state index >= 15 is 4.39 Å². The minimum atomic E-state index is -0.749. The molecule has 1 aromatic carbocycles. The van der Waals surface area contributed by atoms with Crippen LogP contribution in [0, 0.1) is 5.82 Å². The Morgan fingerprint density at radius 1 is 1.41 bits per heavy atom. The molecule has 3 N–H and O–H groups in total. The van der Waals surface area contributed by atoms with Crippen molar-refractivity contribution in [2.75, 3.05) is 24.2 Å². The van der Waals surface area contributed by atoms with Crippen LogP contribution in [0.25, 0.3) is 10.9 Å². The van der Waals surface area contributed by atoms with Crippen LogP contribution in [-0.2, 0) is 6.42 Å². The molecular formula is C21H21FN4O3. The summed E-state index contributed by atoms with van der Waals surface area (Å²) in [6.07, 6.45) is 5.56. The SMILES string of the molecule is CC(=O)c1cn2c3c(c(NCCc4ccncc4)c(F)c(N)c3c1=O)OC[C@@H]2C. The van der Waals surface area contributed by atoms with E-state index in [-0.39, 0.29) is 46.5 Å². The van der Waals surface area contributed by atoms with Crippen LogP contribution >= 0.6 is 0 Å². The third-order valence-corrected chi connectivity index (χ3v) is 5.19. The van der Waals surface area contributed by atoms with E-state index in [1.165, 1.54) is 13.1 Å². The molecule has 0 saturated carbocycles. The number of hydrogen-bond acceptors (Lipinski definition) is 6. The Bertz CT molecular complexity index is 1170. The number of halogens is 1. The first-order valence-electron chi connectivity index (χ1n) is 9.36. The molecule has 3 aromatic rings. The van der Waals surface area contributed by atoms with Gasteiger partial charge in [-0.15, -0.1) is 0 Å². The molecule has 2 aromatic heterocycles. The van der Waals surface area contributed by atoms with Gasteiger partial charge in [0.1, 0.15) is 12.3 Å². The molecule has 0 amide bonds. The fourth-order valence-corrected chi connectivity index (χ4v) is 3.64. The van der Waals surface area contributed by atoms with E-state index in [0.29, 0.717) is 18.5 Å². The van der Waals surface area contributed by atoms with Crippen LogP contribution in [0.3, 0.4) is 0 Å². The van der Waals surface area contributed by atoms with Gasteiger partial charge in [0.25, 0.3) is 0 Å². The molecule has 4 rings (SSSR count). The maximum Gasteiger partial charge on any atom is 0.202 e. The summed E-state index contributed by atoms with van der Waals surface area (Å²) in [5.74, 6) is -0.895. The number of ketones is 1. The van der Waals surface area contributed by atoms with Crippen molar-refractivity contribution in [1.82, 2.24) is 9.55 Å². The molecule has 7 nitrogen and oxygen atoms in total. The first kappa shape index (κ1) is 18.9. The summed E-state index contributed by atoms with van der Waals surface area (Å²) in [7, 11) is 0. The lowest BCUT2D eigenvalue weighted by Gasteiger charge is -2.29. The molecule has 8 heteroatoms. The highest BCUT2D eigenvalue weighted by Crippen LogP contribution is 2.43. The molecule has 0 spiro atoms. The van der Waals surface area contributed by atoms with Gasteiger partial charge in [0.05, 0.1) is 28.2 Å². The molecule has 1 atom stereocenters. The molecule has 0 saturated heterocycles. The molecule has 29 heavy (non-hydrogen) atoms. The van der Waals surface area contributed by atoms with Gasteiger partial charge >= 0.3 is 0 Å². The number of benzene rings is 1. The number of nitrogens with zero attached hydrogens (tertiary/aromatic N) is 2. The summed E-state index contributed by atoms with van der Waals surface area (Å²) in [5, 5.41) is 3.05. The Kier molecular flexibility index (Phi) is 4.70. The van der Waals surface area contributed by atoms with E-state index in [0.717, 1.165) is 5.56 Å². The second kappa shape index (κ2) is 7.20. The zero-order valence-electron chi connectivity index (χ0n) is 16.2. The van der Waals surface area contributed by atoms with Gasteiger partial charge in [-0.05, 0) is 38.0 Å². The molecule has 150 valence electrons. The molecule has 1 aliphatic heterocycles. The number of carbonyl (C=O) groups excluding carboxylic acids is 1. The Labute approximate surface area is 166 Å². The number of nitrogens with two attached hydrogens (primary N) is 1. The van der Waals surface area contributed by atoms with Crippen molar-refractivity contribution in [3.8, 4) is 5.75 Å². The zero-order chi connectivity index (χ0) is 20.7. The number of aromatic nitrogens is 2. The van der Waals surface area contributed by atoms with Gasteiger partial charge in [-0.2, -0.15) is 0 Å². The Morgan fingerprint density at radius 3 is 2.83 bits per heavy atom. The second-order valence-electron chi connectivity index (χ2n) is 7.18. The van der Waals surface area contributed by atoms with E-state index < -0.39 is 11.2 Å². The standard InChI is InChI=1S/C21H21FN4O3/c1-11-10-29-21-18(25-8-5-13-3-6-24-7-4-13)16(22)17(23)15-19(21)26(11)9-14(12(2)27)20(15)28/h3-4,6-7,9,11,25H,5,8,10,23H2,1-2H3/t11-/m0/s1. The second-order valence-corrected chi connectivity index (χ2v) is 7.18. The summed E-state index contributed by atoms with van der Waals surface area (Å²) in [6.45, 7) is 3.92. The van der Waals surface area contributed by atoms with Gasteiger partial charge in [-0.1, -0.05) is 0 Å². The number of anilines is 2. The van der Waals surface area contributed by atoms with Gasteiger partial charge in [0, 0.05) is 25.1 Å². The molecule has 0 aliphatic carbocycles. The summed E-state index contributed by atoms with van der Waals surface area (Å²) >= 11 is 0. The fraction of sp³-hybridized carbons (Fsp3) is 0.286. The van der Waals surface area contributed by atoms with Crippen LogP contribution in [0.2, 0.25) is 0 Å². The maximum absolute atomic E-state index is 15.2. The van der Waals surface area contributed by atoms with Crippen molar-refractivity contribution in [2.45, 2.75) is 26.3 Å². The van der Waals surface area contributed by atoms with E-state index in [4.69, 9.17) is 10.5 Å². The summed E-state index contributed by atoms with van der Waals surface area (Å²) in [5.41, 5.74) is 6.73. The summed E-state index contributed by atoms with van der Waals surface area (Å²) < 4.78 is 22.8.